The van der Waals surface area contributed by atoms with Gasteiger partial charge in [0.25, 0.3) is 0 Å². The number of thioether (sulfide) groups is 1. The van der Waals surface area contributed by atoms with Gasteiger partial charge in [-0.3, -0.25) is 4.99 Å². The fourth-order valence-corrected chi connectivity index (χ4v) is 5.37. The molecule has 1 unspecified atom stereocenters. The summed E-state index contributed by atoms with van der Waals surface area (Å²) in [7, 11) is 3.32. The average molecular weight is 517 g/mol. The minimum absolute atomic E-state index is 0.167. The van der Waals surface area contributed by atoms with Crippen molar-refractivity contribution >= 4 is 34.8 Å². The molecule has 2 heterocycles. The van der Waals surface area contributed by atoms with Crippen LogP contribution in [0.3, 0.4) is 0 Å². The summed E-state index contributed by atoms with van der Waals surface area (Å²) in [4.78, 5) is 10.3. The maximum Gasteiger partial charge on any atom is 0.161 e. The molecule has 7 heteroatoms. The van der Waals surface area contributed by atoms with Crippen LogP contribution in [0.4, 0.5) is 5.69 Å². The van der Waals surface area contributed by atoms with E-state index in [1.807, 2.05) is 42.1 Å². The first-order chi connectivity index (χ1) is 17.6. The van der Waals surface area contributed by atoms with Crippen LogP contribution in [-0.4, -0.2) is 24.9 Å². The van der Waals surface area contributed by atoms with Gasteiger partial charge in [-0.25, -0.2) is 4.98 Å². The van der Waals surface area contributed by atoms with E-state index in [1.165, 1.54) is 5.56 Å². The number of para-hydroxylation sites is 1. The molecule has 182 valence electrons. The first kappa shape index (κ1) is 24.2. The summed E-state index contributed by atoms with van der Waals surface area (Å²) in [5.41, 5.74) is 5.21. The molecule has 3 aromatic carbocycles. The van der Waals surface area contributed by atoms with E-state index in [1.54, 1.807) is 26.5 Å². The van der Waals surface area contributed by atoms with Crippen molar-refractivity contribution in [3.8, 4) is 17.2 Å². The molecule has 0 saturated carbocycles. The van der Waals surface area contributed by atoms with Crippen molar-refractivity contribution in [2.75, 3.05) is 14.2 Å². The van der Waals surface area contributed by atoms with E-state index in [9.17, 15) is 0 Å². The van der Waals surface area contributed by atoms with Gasteiger partial charge in [-0.05, 0) is 65.7 Å². The molecule has 0 radical (unpaired) electrons. The molecular weight excluding hydrogens is 492 g/mol. The predicted molar refractivity (Wildman–Crippen MR) is 145 cm³/mol. The minimum atomic E-state index is 0.167. The average Bonchev–Trinajstić information content (AvgIpc) is 3.12. The van der Waals surface area contributed by atoms with Crippen LogP contribution < -0.4 is 14.2 Å². The van der Waals surface area contributed by atoms with Gasteiger partial charge in [0.2, 0.25) is 0 Å². The van der Waals surface area contributed by atoms with Crippen LogP contribution >= 0.6 is 23.4 Å². The van der Waals surface area contributed by atoms with Crippen LogP contribution in [0.1, 0.15) is 28.4 Å². The van der Waals surface area contributed by atoms with Gasteiger partial charge in [0, 0.05) is 34.0 Å². The van der Waals surface area contributed by atoms with Gasteiger partial charge in [0.1, 0.15) is 17.5 Å². The molecule has 0 amide bonds. The maximum absolute atomic E-state index is 5.94. The van der Waals surface area contributed by atoms with Gasteiger partial charge in [-0.2, -0.15) is 0 Å². The van der Waals surface area contributed by atoms with Gasteiger partial charge in [-0.15, -0.1) is 11.8 Å². The molecular formula is C29H25ClN2O3S. The Hall–Kier alpha value is -3.48. The summed E-state index contributed by atoms with van der Waals surface area (Å²) in [6.07, 6.45) is 2.49. The molecule has 5 nitrogen and oxygen atoms in total. The zero-order chi connectivity index (χ0) is 24.9. The number of fused-ring (bicyclic) bond motifs is 1. The summed E-state index contributed by atoms with van der Waals surface area (Å²) < 4.78 is 16.9. The van der Waals surface area contributed by atoms with Crippen molar-refractivity contribution in [1.82, 2.24) is 4.98 Å². The van der Waals surface area contributed by atoms with E-state index in [-0.39, 0.29) is 5.25 Å². The van der Waals surface area contributed by atoms with Crippen molar-refractivity contribution in [3.63, 3.8) is 0 Å². The number of pyridine rings is 1. The lowest BCUT2D eigenvalue weighted by molar-refractivity contribution is 0.306. The molecule has 1 aliphatic rings. The van der Waals surface area contributed by atoms with E-state index in [0.717, 1.165) is 51.1 Å². The molecule has 5 rings (SSSR count). The smallest absolute Gasteiger partial charge is 0.161 e. The SMILES string of the molecule is COc1ccc(C2CC(c3ccc(OCc4ccc(Cl)nc4)cc3)=Nc3ccccc3S2)cc1OC. The second-order valence-corrected chi connectivity index (χ2v) is 9.89. The van der Waals surface area contributed by atoms with Crippen LogP contribution in [0.5, 0.6) is 17.2 Å². The van der Waals surface area contributed by atoms with Crippen LogP contribution in [0, 0.1) is 0 Å². The number of rotatable bonds is 7. The Kier molecular flexibility index (Phi) is 7.44. The first-order valence-corrected chi connectivity index (χ1v) is 12.8. The number of hydrogen-bond acceptors (Lipinski definition) is 6. The second kappa shape index (κ2) is 11.1. The Morgan fingerprint density at radius 2 is 1.72 bits per heavy atom. The lowest BCUT2D eigenvalue weighted by Gasteiger charge is -2.18. The number of methoxy groups -OCH3 is 2. The summed E-state index contributed by atoms with van der Waals surface area (Å²) in [5, 5.41) is 0.638. The van der Waals surface area contributed by atoms with Gasteiger partial charge >= 0.3 is 0 Å². The highest BCUT2D eigenvalue weighted by Crippen LogP contribution is 2.46. The molecule has 0 spiro atoms. The maximum atomic E-state index is 5.94. The minimum Gasteiger partial charge on any atom is -0.493 e. The van der Waals surface area contributed by atoms with Crippen molar-refractivity contribution in [1.29, 1.82) is 0 Å². The van der Waals surface area contributed by atoms with Gasteiger partial charge in [0.05, 0.1) is 19.9 Å². The van der Waals surface area contributed by atoms with Crippen molar-refractivity contribution in [2.24, 2.45) is 4.99 Å². The summed E-state index contributed by atoms with van der Waals surface area (Å²) in [5.74, 6) is 2.23. The highest BCUT2D eigenvalue weighted by molar-refractivity contribution is 7.99. The van der Waals surface area contributed by atoms with Crippen LogP contribution in [0.15, 0.2) is 94.9 Å². The summed E-state index contributed by atoms with van der Waals surface area (Å²) in [6.45, 7) is 0.426. The Morgan fingerprint density at radius 3 is 2.47 bits per heavy atom. The quantitative estimate of drug-likeness (QED) is 0.236. The summed E-state index contributed by atoms with van der Waals surface area (Å²) in [6, 6.07) is 26.2. The number of aliphatic imine (C=N–C) groups is 1. The molecule has 0 saturated heterocycles. The van der Waals surface area contributed by atoms with Crippen molar-refractivity contribution < 1.29 is 14.2 Å². The molecule has 1 aromatic heterocycles. The third kappa shape index (κ3) is 5.50. The topological polar surface area (TPSA) is 52.9 Å². The third-order valence-corrected chi connectivity index (χ3v) is 7.48. The van der Waals surface area contributed by atoms with Gasteiger partial charge in [0.15, 0.2) is 11.5 Å². The Bertz CT molecular complexity index is 1370. The fraction of sp³-hybridized carbons (Fsp3) is 0.172. The molecule has 4 aromatic rings. The van der Waals surface area contributed by atoms with Crippen LogP contribution in [0.2, 0.25) is 5.15 Å². The predicted octanol–water partition coefficient (Wildman–Crippen LogP) is 7.69. The fourth-order valence-electron chi connectivity index (χ4n) is 4.03. The second-order valence-electron chi connectivity index (χ2n) is 8.25. The van der Waals surface area contributed by atoms with Crippen molar-refractivity contribution in [2.45, 2.75) is 23.2 Å². The highest BCUT2D eigenvalue weighted by atomic mass is 35.5. The first-order valence-electron chi connectivity index (χ1n) is 11.5. The van der Waals surface area contributed by atoms with Crippen LogP contribution in [-0.2, 0) is 6.61 Å². The van der Waals surface area contributed by atoms with E-state index in [0.29, 0.717) is 11.8 Å². The van der Waals surface area contributed by atoms with E-state index >= 15 is 0 Å². The van der Waals surface area contributed by atoms with Crippen molar-refractivity contribution in [3.05, 3.63) is 107 Å². The standard InChI is InChI=1S/C29H25ClN2O3S/c1-33-25-13-10-21(15-26(25)34-2)28-16-24(32-23-5-3-4-6-27(23)36-28)20-8-11-22(12-9-20)35-18-19-7-14-29(30)31-17-19/h3-15,17,28H,16,18H2,1-2H3. The number of benzene rings is 3. The highest BCUT2D eigenvalue weighted by Gasteiger charge is 2.23. The molecule has 0 aliphatic carbocycles. The Balaban J connectivity index is 1.40. The number of halogens is 1. The monoisotopic (exact) mass is 516 g/mol. The molecule has 1 aliphatic heterocycles. The lowest BCUT2D eigenvalue weighted by Crippen LogP contribution is -2.06. The third-order valence-electron chi connectivity index (χ3n) is 5.93. The molecule has 0 fully saturated rings. The molecule has 0 bridgehead atoms. The number of ether oxygens (including phenoxy) is 3. The zero-order valence-electron chi connectivity index (χ0n) is 20.0. The number of nitrogens with zero attached hydrogens (tertiary/aromatic N) is 2. The lowest BCUT2D eigenvalue weighted by atomic mass is 10.0. The van der Waals surface area contributed by atoms with E-state index < -0.39 is 0 Å². The normalized spacial score (nSPS) is 14.9. The largest absolute Gasteiger partial charge is 0.493 e. The summed E-state index contributed by atoms with van der Waals surface area (Å²) >= 11 is 7.69. The molecule has 36 heavy (non-hydrogen) atoms. The number of hydrogen-bond donors (Lipinski definition) is 0. The van der Waals surface area contributed by atoms with Crippen LogP contribution in [0.25, 0.3) is 0 Å². The Morgan fingerprint density at radius 1 is 0.917 bits per heavy atom. The van der Waals surface area contributed by atoms with Gasteiger partial charge in [-0.1, -0.05) is 35.9 Å². The van der Waals surface area contributed by atoms with E-state index in [4.69, 9.17) is 30.8 Å². The molecule has 1 atom stereocenters. The Labute approximate surface area is 220 Å². The van der Waals surface area contributed by atoms with E-state index in [2.05, 4.69) is 47.4 Å². The van der Waals surface area contributed by atoms with Gasteiger partial charge < -0.3 is 14.2 Å². The molecule has 0 N–H and O–H groups in total. The zero-order valence-corrected chi connectivity index (χ0v) is 21.6. The number of aromatic nitrogens is 1.